The minimum absolute atomic E-state index is 0.00869. The Balaban J connectivity index is 1.75. The number of hydrogen-bond donors (Lipinski definition) is 2. The third kappa shape index (κ3) is 4.04. The number of rotatable bonds is 6. The molecule has 3 aromatic rings. The van der Waals surface area contributed by atoms with Crippen LogP contribution in [0.2, 0.25) is 0 Å². The molecule has 156 valence electrons. The number of nitro groups is 1. The van der Waals surface area contributed by atoms with E-state index in [0.29, 0.717) is 29.2 Å². The zero-order chi connectivity index (χ0) is 22.0. The van der Waals surface area contributed by atoms with Crippen LogP contribution in [0.1, 0.15) is 37.8 Å². The Kier molecular flexibility index (Phi) is 5.63. The van der Waals surface area contributed by atoms with Crippen LogP contribution in [0.3, 0.4) is 0 Å². The zero-order valence-corrected chi connectivity index (χ0v) is 17.0. The van der Waals surface area contributed by atoms with Crippen molar-refractivity contribution < 1.29 is 14.5 Å². The Morgan fingerprint density at radius 2 is 1.80 bits per heavy atom. The summed E-state index contributed by atoms with van der Waals surface area (Å²) in [6.07, 6.45) is 1.55. The minimum atomic E-state index is -0.437. The molecule has 0 atom stereocenters. The Labute approximate surface area is 171 Å². The second kappa shape index (κ2) is 8.15. The summed E-state index contributed by atoms with van der Waals surface area (Å²) in [5.74, 6) is -0.790. The number of nitrogens with one attached hydrogen (secondary N) is 2. The molecule has 0 bridgehead atoms. The van der Waals surface area contributed by atoms with E-state index in [1.165, 1.54) is 11.7 Å². The van der Waals surface area contributed by atoms with Crippen LogP contribution in [-0.4, -0.2) is 43.3 Å². The van der Waals surface area contributed by atoms with Gasteiger partial charge in [0.1, 0.15) is 11.4 Å². The van der Waals surface area contributed by atoms with Crippen molar-refractivity contribution in [2.75, 3.05) is 12.4 Å². The van der Waals surface area contributed by atoms with Crippen molar-refractivity contribution in [3.05, 3.63) is 68.8 Å². The molecule has 30 heavy (non-hydrogen) atoms. The summed E-state index contributed by atoms with van der Waals surface area (Å²) in [5.41, 5.74) is 2.49. The Morgan fingerprint density at radius 1 is 1.13 bits per heavy atom. The summed E-state index contributed by atoms with van der Waals surface area (Å²) in [6.45, 7) is 3.59. The fraction of sp³-hybridized carbons (Fsp3) is 0.263. The maximum absolute atomic E-state index is 12.6. The minimum Gasteiger partial charge on any atom is -0.354 e. The molecule has 0 saturated heterocycles. The lowest BCUT2D eigenvalue weighted by atomic mass is 10.1. The van der Waals surface area contributed by atoms with Gasteiger partial charge in [-0.2, -0.15) is 10.2 Å². The van der Waals surface area contributed by atoms with Crippen LogP contribution in [0.15, 0.2) is 30.5 Å². The molecule has 0 unspecified atom stereocenters. The lowest BCUT2D eigenvalue weighted by Crippen LogP contribution is -2.21. The Bertz CT molecular complexity index is 1130. The smallest absolute Gasteiger partial charge is 0.312 e. The van der Waals surface area contributed by atoms with Gasteiger partial charge in [-0.3, -0.25) is 29.1 Å². The number of carbonyl (C=O) groups excluding carboxylic acids is 2. The number of aryl methyl sites for hydroxylation is 2. The van der Waals surface area contributed by atoms with E-state index in [1.807, 2.05) is 0 Å². The maximum Gasteiger partial charge on any atom is 0.312 e. The van der Waals surface area contributed by atoms with Crippen molar-refractivity contribution in [2.24, 2.45) is 7.05 Å². The average molecular weight is 411 g/mol. The van der Waals surface area contributed by atoms with Gasteiger partial charge in [-0.15, -0.1) is 0 Å². The van der Waals surface area contributed by atoms with Gasteiger partial charge in [0.15, 0.2) is 5.69 Å². The number of benzene rings is 1. The van der Waals surface area contributed by atoms with E-state index >= 15 is 0 Å². The largest absolute Gasteiger partial charge is 0.354 e. The number of anilines is 1. The van der Waals surface area contributed by atoms with Gasteiger partial charge in [-0.05, 0) is 31.5 Å². The van der Waals surface area contributed by atoms with E-state index in [9.17, 15) is 19.7 Å². The average Bonchev–Trinajstić information content (AvgIpc) is 3.20. The molecule has 2 amide bonds. The van der Waals surface area contributed by atoms with E-state index in [4.69, 9.17) is 0 Å². The van der Waals surface area contributed by atoms with Crippen molar-refractivity contribution in [1.29, 1.82) is 0 Å². The molecule has 3 rings (SSSR count). The maximum atomic E-state index is 12.6. The van der Waals surface area contributed by atoms with Crippen LogP contribution in [0, 0.1) is 24.0 Å². The highest BCUT2D eigenvalue weighted by Gasteiger charge is 2.22. The number of hydrogen-bond acceptors (Lipinski definition) is 6. The second-order valence-electron chi connectivity index (χ2n) is 6.73. The van der Waals surface area contributed by atoms with Gasteiger partial charge in [0.2, 0.25) is 0 Å². The van der Waals surface area contributed by atoms with Gasteiger partial charge in [0.05, 0.1) is 17.2 Å². The van der Waals surface area contributed by atoms with Crippen molar-refractivity contribution in [1.82, 2.24) is 24.9 Å². The van der Waals surface area contributed by atoms with Crippen molar-refractivity contribution >= 4 is 23.2 Å². The van der Waals surface area contributed by atoms with Crippen LogP contribution in [0.5, 0.6) is 0 Å². The summed E-state index contributed by atoms with van der Waals surface area (Å²) >= 11 is 0. The quantitative estimate of drug-likeness (QED) is 0.469. The third-order valence-electron chi connectivity index (χ3n) is 4.59. The molecule has 2 aromatic heterocycles. The first-order valence-corrected chi connectivity index (χ1v) is 9.05. The molecule has 2 heterocycles. The zero-order valence-electron chi connectivity index (χ0n) is 17.0. The highest BCUT2D eigenvalue weighted by Crippen LogP contribution is 2.22. The summed E-state index contributed by atoms with van der Waals surface area (Å²) in [5, 5.41) is 24.6. The molecule has 0 aliphatic heterocycles. The molecule has 1 aromatic carbocycles. The molecule has 11 nitrogen and oxygen atoms in total. The lowest BCUT2D eigenvalue weighted by molar-refractivity contribution is -0.386. The van der Waals surface area contributed by atoms with E-state index in [0.717, 1.165) is 5.56 Å². The number of aromatic nitrogens is 4. The standard InChI is InChI=1S/C19H21N7O4/c1-11-17(26(29)30)12(2)25(22-11)9-13-5-7-14(8-6-13)18(27)21-15-10-24(4)23-16(15)19(28)20-3/h5-8,10H,9H2,1-4H3,(H,20,28)(H,21,27). The number of nitrogens with zero attached hydrogens (tertiary/aromatic N) is 5. The molecule has 0 aliphatic carbocycles. The molecule has 0 aliphatic rings. The molecule has 2 N–H and O–H groups in total. The summed E-state index contributed by atoms with van der Waals surface area (Å²) < 4.78 is 3.00. The van der Waals surface area contributed by atoms with Crippen molar-refractivity contribution in [3.63, 3.8) is 0 Å². The van der Waals surface area contributed by atoms with Crippen LogP contribution in [0.4, 0.5) is 11.4 Å². The fourth-order valence-electron chi connectivity index (χ4n) is 3.10. The van der Waals surface area contributed by atoms with Gasteiger partial charge >= 0.3 is 5.69 Å². The van der Waals surface area contributed by atoms with Crippen LogP contribution < -0.4 is 10.6 Å². The van der Waals surface area contributed by atoms with Crippen molar-refractivity contribution in [2.45, 2.75) is 20.4 Å². The van der Waals surface area contributed by atoms with Gasteiger partial charge in [0, 0.05) is 25.9 Å². The monoisotopic (exact) mass is 411 g/mol. The Hall–Kier alpha value is -4.02. The first kappa shape index (κ1) is 20.7. The van der Waals surface area contributed by atoms with Gasteiger partial charge in [-0.25, -0.2) is 0 Å². The van der Waals surface area contributed by atoms with E-state index in [-0.39, 0.29) is 17.3 Å². The molecule has 11 heteroatoms. The van der Waals surface area contributed by atoms with Gasteiger partial charge in [-0.1, -0.05) is 12.1 Å². The summed E-state index contributed by atoms with van der Waals surface area (Å²) in [4.78, 5) is 35.2. The predicted molar refractivity (Wildman–Crippen MR) is 108 cm³/mol. The molecule has 0 spiro atoms. The fourth-order valence-corrected chi connectivity index (χ4v) is 3.10. The van der Waals surface area contributed by atoms with E-state index in [2.05, 4.69) is 20.8 Å². The van der Waals surface area contributed by atoms with Crippen LogP contribution in [-0.2, 0) is 13.6 Å². The third-order valence-corrected chi connectivity index (χ3v) is 4.59. The first-order valence-electron chi connectivity index (χ1n) is 9.05. The highest BCUT2D eigenvalue weighted by molar-refractivity contribution is 6.08. The predicted octanol–water partition coefficient (Wildman–Crippen LogP) is 1.80. The SMILES string of the molecule is CNC(=O)c1nn(C)cc1NC(=O)c1ccc(Cn2nc(C)c([N+](=O)[O-])c2C)cc1. The molecule has 0 fully saturated rings. The van der Waals surface area contributed by atoms with Crippen LogP contribution in [0.25, 0.3) is 0 Å². The normalized spacial score (nSPS) is 10.7. The lowest BCUT2D eigenvalue weighted by Gasteiger charge is -2.07. The van der Waals surface area contributed by atoms with Gasteiger partial charge < -0.3 is 10.6 Å². The molecule has 0 saturated carbocycles. The Morgan fingerprint density at radius 3 is 2.37 bits per heavy atom. The second-order valence-corrected chi connectivity index (χ2v) is 6.73. The first-order chi connectivity index (χ1) is 14.2. The van der Waals surface area contributed by atoms with E-state index < -0.39 is 10.8 Å². The highest BCUT2D eigenvalue weighted by atomic mass is 16.6. The number of amides is 2. The van der Waals surface area contributed by atoms with Gasteiger partial charge in [0.25, 0.3) is 11.8 Å². The summed E-state index contributed by atoms with van der Waals surface area (Å²) in [6, 6.07) is 6.78. The molecular formula is C19H21N7O4. The van der Waals surface area contributed by atoms with Crippen molar-refractivity contribution in [3.8, 4) is 0 Å². The number of carbonyl (C=O) groups is 2. The topological polar surface area (TPSA) is 137 Å². The molecule has 0 radical (unpaired) electrons. The van der Waals surface area contributed by atoms with Crippen LogP contribution >= 0.6 is 0 Å². The summed E-state index contributed by atoms with van der Waals surface area (Å²) in [7, 11) is 3.14. The molecular weight excluding hydrogens is 390 g/mol. The van der Waals surface area contributed by atoms with E-state index in [1.54, 1.807) is 56.0 Å².